The third-order valence-corrected chi connectivity index (χ3v) is 10.4. The number of carbonyl (C=O) groups is 2. The van der Waals surface area contributed by atoms with E-state index in [0.29, 0.717) is 38.3 Å². The molecule has 1 fully saturated rings. The molecule has 6 rings (SSSR count). The number of esters is 1. The average Bonchev–Trinajstić information content (AvgIpc) is 3.71. The standard InChI is InChI=1S/C38H49N5O5S/c1-8-42-31-14-13-25-17-27(31)28(35(42)26-11-9-15-39-34(26)24(4)46-7)19-38(5,6)22-48-37(45)29-12-10-16-43(41-29)33(44)18-32(47-20-23(2)3)36-40-30(25)21-49-36/h9,11,13-15,17,21,23-24,29,32,41H,8,10,12,16,18-20,22H2,1-7H3/t24-,29-,32-/m0/s1. The predicted octanol–water partition coefficient (Wildman–Crippen LogP) is 7.28. The molecule has 2 aliphatic heterocycles. The molecule has 10 nitrogen and oxygen atoms in total. The number of aryl methyl sites for hydroxylation is 1. The lowest BCUT2D eigenvalue weighted by Gasteiger charge is -2.34. The van der Waals surface area contributed by atoms with Crippen LogP contribution in [0, 0.1) is 11.3 Å². The van der Waals surface area contributed by atoms with Crippen LogP contribution in [0.4, 0.5) is 0 Å². The highest BCUT2D eigenvalue weighted by molar-refractivity contribution is 7.10. The Morgan fingerprint density at radius 2 is 2.00 bits per heavy atom. The molecule has 262 valence electrons. The summed E-state index contributed by atoms with van der Waals surface area (Å²) in [6.07, 6.45) is 3.19. The lowest BCUT2D eigenvalue weighted by atomic mass is 9.84. The van der Waals surface area contributed by atoms with Crippen molar-refractivity contribution in [3.8, 4) is 22.5 Å². The number of fused-ring (bicyclic) bond motifs is 6. The maximum absolute atomic E-state index is 13.6. The molecule has 1 N–H and O–H groups in total. The first-order chi connectivity index (χ1) is 23.5. The highest BCUT2D eigenvalue weighted by atomic mass is 32.1. The van der Waals surface area contributed by atoms with E-state index < -0.39 is 17.6 Å². The summed E-state index contributed by atoms with van der Waals surface area (Å²) in [5.41, 5.74) is 9.89. The maximum Gasteiger partial charge on any atom is 0.324 e. The van der Waals surface area contributed by atoms with Crippen molar-refractivity contribution in [3.05, 3.63) is 58.2 Å². The molecule has 0 radical (unpaired) electrons. The molecule has 1 saturated heterocycles. The van der Waals surface area contributed by atoms with Gasteiger partial charge in [0.1, 0.15) is 17.2 Å². The van der Waals surface area contributed by atoms with Crippen LogP contribution in [0.5, 0.6) is 0 Å². The summed E-state index contributed by atoms with van der Waals surface area (Å²) in [4.78, 5) is 36.9. The number of methoxy groups -OCH3 is 1. The second-order valence-electron chi connectivity index (χ2n) is 14.4. The third-order valence-electron chi connectivity index (χ3n) is 9.43. The number of nitrogens with zero attached hydrogens (tertiary/aromatic N) is 4. The van der Waals surface area contributed by atoms with Gasteiger partial charge >= 0.3 is 5.97 Å². The van der Waals surface area contributed by atoms with Crippen LogP contribution in [-0.4, -0.2) is 64.3 Å². The quantitative estimate of drug-likeness (QED) is 0.202. The number of benzene rings is 1. The summed E-state index contributed by atoms with van der Waals surface area (Å²) >= 11 is 1.52. The predicted molar refractivity (Wildman–Crippen MR) is 192 cm³/mol. The highest BCUT2D eigenvalue weighted by Gasteiger charge is 2.34. The maximum atomic E-state index is 13.6. The van der Waals surface area contributed by atoms with Gasteiger partial charge in [0.25, 0.3) is 0 Å². The molecule has 5 heterocycles. The fourth-order valence-corrected chi connectivity index (χ4v) is 7.73. The second-order valence-corrected chi connectivity index (χ2v) is 15.3. The van der Waals surface area contributed by atoms with E-state index in [1.54, 1.807) is 12.1 Å². The molecule has 4 aromatic rings. The molecule has 3 aromatic heterocycles. The van der Waals surface area contributed by atoms with Gasteiger partial charge in [0.15, 0.2) is 0 Å². The van der Waals surface area contributed by atoms with Gasteiger partial charge in [0.2, 0.25) is 5.91 Å². The zero-order valence-corrected chi connectivity index (χ0v) is 30.6. The normalized spacial score (nSPS) is 20.8. The molecule has 6 bridgehead atoms. The van der Waals surface area contributed by atoms with Crippen LogP contribution in [0.1, 0.15) is 89.3 Å². The summed E-state index contributed by atoms with van der Waals surface area (Å²) < 4.78 is 20.5. The number of carbonyl (C=O) groups excluding carboxylic acids is 2. The number of hydrogen-bond acceptors (Lipinski definition) is 9. The van der Waals surface area contributed by atoms with Gasteiger partial charge in [0.05, 0.1) is 36.2 Å². The largest absolute Gasteiger partial charge is 0.464 e. The van der Waals surface area contributed by atoms with E-state index in [1.165, 1.54) is 16.9 Å². The first-order valence-corrected chi connectivity index (χ1v) is 18.3. The van der Waals surface area contributed by atoms with E-state index in [0.717, 1.165) is 50.7 Å². The zero-order chi connectivity index (χ0) is 34.9. The first-order valence-electron chi connectivity index (χ1n) is 17.4. The Morgan fingerprint density at radius 1 is 1.18 bits per heavy atom. The van der Waals surface area contributed by atoms with Gasteiger partial charge in [-0.05, 0) is 68.9 Å². The van der Waals surface area contributed by atoms with Crippen molar-refractivity contribution in [1.82, 2.24) is 25.0 Å². The molecule has 1 aromatic carbocycles. The number of hydrogen-bond donors (Lipinski definition) is 1. The van der Waals surface area contributed by atoms with Gasteiger partial charge in [-0.15, -0.1) is 11.3 Å². The minimum Gasteiger partial charge on any atom is -0.464 e. The van der Waals surface area contributed by atoms with Crippen molar-refractivity contribution >= 4 is 34.1 Å². The number of pyridine rings is 1. The van der Waals surface area contributed by atoms with Crippen LogP contribution in [0.15, 0.2) is 41.9 Å². The highest BCUT2D eigenvalue weighted by Crippen LogP contribution is 2.42. The van der Waals surface area contributed by atoms with Crippen molar-refractivity contribution in [2.45, 2.75) is 92.0 Å². The van der Waals surface area contributed by atoms with Gasteiger partial charge in [-0.25, -0.2) is 10.4 Å². The molecule has 0 aliphatic carbocycles. The Hall–Kier alpha value is -3.64. The minimum absolute atomic E-state index is 0.124. The smallest absolute Gasteiger partial charge is 0.324 e. The Kier molecular flexibility index (Phi) is 10.5. The van der Waals surface area contributed by atoms with E-state index in [-0.39, 0.29) is 31.0 Å². The van der Waals surface area contributed by atoms with Crippen molar-refractivity contribution in [3.63, 3.8) is 0 Å². The topological polar surface area (TPSA) is 108 Å². The number of amides is 1. The molecule has 2 aliphatic rings. The SMILES string of the molecule is CCn1c(-c2cccnc2[C@H](C)OC)c2c3cc(ccc31)-c1csc(n1)[C@@H](OCC(C)C)CC(=O)N1CCC[C@H](N1)C(=O)OCC(C)(C)C2. The number of thiazole rings is 1. The molecular weight excluding hydrogens is 639 g/mol. The van der Waals surface area contributed by atoms with Gasteiger partial charge in [-0.1, -0.05) is 33.8 Å². The van der Waals surface area contributed by atoms with Gasteiger partial charge in [0, 0.05) is 65.8 Å². The monoisotopic (exact) mass is 687 g/mol. The molecule has 0 unspecified atom stereocenters. The van der Waals surface area contributed by atoms with Crippen LogP contribution >= 0.6 is 11.3 Å². The average molecular weight is 688 g/mol. The summed E-state index contributed by atoms with van der Waals surface area (Å²) in [5, 5.41) is 5.51. The Bertz CT molecular complexity index is 1810. The van der Waals surface area contributed by atoms with Crippen LogP contribution in [0.2, 0.25) is 0 Å². The van der Waals surface area contributed by atoms with Gasteiger partial charge < -0.3 is 18.8 Å². The van der Waals surface area contributed by atoms with E-state index >= 15 is 0 Å². The second kappa shape index (κ2) is 14.7. The van der Waals surface area contributed by atoms with Crippen molar-refractivity contribution < 1.29 is 23.8 Å². The lowest BCUT2D eigenvalue weighted by Crippen LogP contribution is -2.55. The number of nitrogens with one attached hydrogen (secondary N) is 1. The summed E-state index contributed by atoms with van der Waals surface area (Å²) in [5.74, 6) is -0.170. The lowest BCUT2D eigenvalue weighted by molar-refractivity contribution is -0.155. The number of ether oxygens (including phenoxy) is 3. The van der Waals surface area contributed by atoms with E-state index in [2.05, 4.69) is 74.3 Å². The van der Waals surface area contributed by atoms with Crippen molar-refractivity contribution in [2.24, 2.45) is 11.3 Å². The molecule has 11 heteroatoms. The van der Waals surface area contributed by atoms with Crippen molar-refractivity contribution in [1.29, 1.82) is 0 Å². The molecule has 49 heavy (non-hydrogen) atoms. The number of rotatable bonds is 7. The molecule has 0 spiro atoms. The Balaban J connectivity index is 1.53. The molecular formula is C38H49N5O5S. The van der Waals surface area contributed by atoms with Crippen LogP contribution in [0.3, 0.4) is 0 Å². The summed E-state index contributed by atoms with van der Waals surface area (Å²) in [6.45, 7) is 14.6. The van der Waals surface area contributed by atoms with Gasteiger partial charge in [-0.2, -0.15) is 0 Å². The Labute approximate surface area is 293 Å². The molecule has 0 saturated carbocycles. The van der Waals surface area contributed by atoms with Crippen molar-refractivity contribution in [2.75, 3.05) is 26.9 Å². The summed E-state index contributed by atoms with van der Waals surface area (Å²) in [7, 11) is 1.71. The van der Waals surface area contributed by atoms with Gasteiger partial charge in [-0.3, -0.25) is 19.6 Å². The molecule has 1 amide bonds. The third kappa shape index (κ3) is 7.45. The van der Waals surface area contributed by atoms with E-state index in [1.807, 2.05) is 19.2 Å². The Morgan fingerprint density at radius 3 is 2.76 bits per heavy atom. The zero-order valence-electron chi connectivity index (χ0n) is 29.7. The first kappa shape index (κ1) is 35.2. The number of hydrazine groups is 1. The molecule has 3 atom stereocenters. The van der Waals surface area contributed by atoms with Crippen LogP contribution < -0.4 is 5.43 Å². The number of cyclic esters (lactones) is 1. The van der Waals surface area contributed by atoms with Crippen LogP contribution in [0.25, 0.3) is 33.4 Å². The van der Waals surface area contributed by atoms with E-state index in [4.69, 9.17) is 24.2 Å². The summed E-state index contributed by atoms with van der Waals surface area (Å²) in [6, 6.07) is 10.0. The van der Waals surface area contributed by atoms with Crippen LogP contribution in [-0.2, 0) is 36.8 Å². The fourth-order valence-electron chi connectivity index (χ4n) is 6.85. The minimum atomic E-state index is -0.595. The van der Waals surface area contributed by atoms with E-state index in [9.17, 15) is 9.59 Å². The fraction of sp³-hybridized carbons (Fsp3) is 0.526. The number of aromatic nitrogens is 3.